The minimum atomic E-state index is -4.24. The van der Waals surface area contributed by atoms with Gasteiger partial charge in [-0.1, -0.05) is 6.07 Å². The lowest BCUT2D eigenvalue weighted by Gasteiger charge is -2.43. The minimum absolute atomic E-state index is 0.342. The van der Waals surface area contributed by atoms with Crippen molar-refractivity contribution >= 4 is 5.69 Å². The molecule has 18 heavy (non-hydrogen) atoms. The van der Waals surface area contributed by atoms with Crippen LogP contribution in [0.25, 0.3) is 0 Å². The molecule has 98 valence electrons. The Balaban J connectivity index is 2.05. The first-order valence-electron chi connectivity index (χ1n) is 6.24. The lowest BCUT2D eigenvalue weighted by atomic mass is 9.91. The van der Waals surface area contributed by atoms with Gasteiger partial charge >= 0.3 is 6.18 Å². The van der Waals surface area contributed by atoms with Gasteiger partial charge in [0.05, 0.1) is 5.56 Å². The van der Waals surface area contributed by atoms with Crippen molar-refractivity contribution in [2.24, 2.45) is 0 Å². The smallest absolute Gasteiger partial charge is 0.366 e. The van der Waals surface area contributed by atoms with Gasteiger partial charge in [-0.15, -0.1) is 0 Å². The largest absolute Gasteiger partial charge is 0.416 e. The molecule has 0 radical (unpaired) electrons. The van der Waals surface area contributed by atoms with Crippen molar-refractivity contribution in [3.8, 4) is 0 Å². The number of hydrogen-bond acceptors (Lipinski definition) is 2. The number of halogens is 3. The maximum absolute atomic E-state index is 13.0. The van der Waals surface area contributed by atoms with Gasteiger partial charge in [-0.05, 0) is 30.5 Å². The van der Waals surface area contributed by atoms with E-state index in [2.05, 4.69) is 10.2 Å². The summed E-state index contributed by atoms with van der Waals surface area (Å²) < 4.78 is 38.9. The first-order valence-corrected chi connectivity index (χ1v) is 6.24. The maximum atomic E-state index is 13.0. The number of anilines is 1. The van der Waals surface area contributed by atoms with Crippen LogP contribution in [0.4, 0.5) is 18.9 Å². The molecule has 1 N–H and O–H groups in total. The lowest BCUT2D eigenvalue weighted by molar-refractivity contribution is -0.138. The summed E-state index contributed by atoms with van der Waals surface area (Å²) in [7, 11) is 0. The number of benzene rings is 1. The Bertz CT molecular complexity index is 456. The van der Waals surface area contributed by atoms with E-state index in [-0.39, 0.29) is 0 Å². The van der Waals surface area contributed by atoms with Crippen molar-refractivity contribution in [3.63, 3.8) is 0 Å². The average Bonchev–Trinajstić information content (AvgIpc) is 2.36. The molecule has 2 aliphatic heterocycles. The van der Waals surface area contributed by atoms with Crippen LogP contribution >= 0.6 is 0 Å². The van der Waals surface area contributed by atoms with E-state index >= 15 is 0 Å². The molecular formula is C13H15F3N2. The second-order valence-corrected chi connectivity index (χ2v) is 4.89. The van der Waals surface area contributed by atoms with Crippen molar-refractivity contribution in [2.75, 3.05) is 24.5 Å². The fraction of sp³-hybridized carbons (Fsp3) is 0.538. The van der Waals surface area contributed by atoms with E-state index in [9.17, 15) is 13.2 Å². The third kappa shape index (κ3) is 1.86. The Labute approximate surface area is 104 Å². The predicted octanol–water partition coefficient (Wildman–Crippen LogP) is 2.43. The number of fused-ring (bicyclic) bond motifs is 3. The summed E-state index contributed by atoms with van der Waals surface area (Å²) in [5, 5.41) is 3.30. The first-order chi connectivity index (χ1) is 8.57. The van der Waals surface area contributed by atoms with E-state index in [1.807, 2.05) is 6.07 Å². The van der Waals surface area contributed by atoms with E-state index in [4.69, 9.17) is 0 Å². The second-order valence-electron chi connectivity index (χ2n) is 4.89. The summed E-state index contributed by atoms with van der Waals surface area (Å²) in [6.07, 6.45) is -2.92. The standard InChI is InChI=1S/C13H15F3N2/c14-13(15,16)11-2-1-3-12-10(11)5-4-9-8-17-6-7-18(9)12/h1-3,9,17H,4-8H2. The van der Waals surface area contributed by atoms with Gasteiger partial charge in [0, 0.05) is 31.4 Å². The van der Waals surface area contributed by atoms with Gasteiger partial charge in [0.1, 0.15) is 0 Å². The van der Waals surface area contributed by atoms with Crippen molar-refractivity contribution in [2.45, 2.75) is 25.1 Å². The number of rotatable bonds is 0. The lowest BCUT2D eigenvalue weighted by Crippen LogP contribution is -2.53. The van der Waals surface area contributed by atoms with Crippen LogP contribution in [-0.4, -0.2) is 25.7 Å². The molecule has 1 aromatic carbocycles. The Morgan fingerprint density at radius 1 is 1.28 bits per heavy atom. The number of nitrogens with zero attached hydrogens (tertiary/aromatic N) is 1. The fourth-order valence-corrected chi connectivity index (χ4v) is 3.02. The molecule has 0 aromatic heterocycles. The number of nitrogens with one attached hydrogen (secondary N) is 1. The van der Waals surface area contributed by atoms with Crippen LogP contribution in [0.1, 0.15) is 17.5 Å². The minimum Gasteiger partial charge on any atom is -0.366 e. The van der Waals surface area contributed by atoms with Gasteiger partial charge in [-0.25, -0.2) is 0 Å². The monoisotopic (exact) mass is 256 g/mol. The van der Waals surface area contributed by atoms with Gasteiger partial charge in [0.15, 0.2) is 0 Å². The maximum Gasteiger partial charge on any atom is 0.416 e. The highest BCUT2D eigenvalue weighted by atomic mass is 19.4. The Morgan fingerprint density at radius 3 is 2.89 bits per heavy atom. The van der Waals surface area contributed by atoms with E-state index in [1.54, 1.807) is 0 Å². The van der Waals surface area contributed by atoms with Crippen molar-refractivity contribution in [1.29, 1.82) is 0 Å². The molecular weight excluding hydrogens is 241 g/mol. The van der Waals surface area contributed by atoms with E-state index in [0.29, 0.717) is 18.0 Å². The molecule has 1 fully saturated rings. The Morgan fingerprint density at radius 2 is 2.11 bits per heavy atom. The summed E-state index contributed by atoms with van der Waals surface area (Å²) in [4.78, 5) is 2.13. The third-order valence-electron chi connectivity index (χ3n) is 3.84. The van der Waals surface area contributed by atoms with Crippen LogP contribution in [-0.2, 0) is 12.6 Å². The topological polar surface area (TPSA) is 15.3 Å². The van der Waals surface area contributed by atoms with Gasteiger partial charge in [-0.3, -0.25) is 0 Å². The normalized spacial score (nSPS) is 23.5. The summed E-state index contributed by atoms with van der Waals surface area (Å²) in [6, 6.07) is 4.88. The number of alkyl halides is 3. The second kappa shape index (κ2) is 4.16. The molecule has 1 saturated heterocycles. The van der Waals surface area contributed by atoms with Gasteiger partial charge in [-0.2, -0.15) is 13.2 Å². The Kier molecular flexibility index (Phi) is 2.73. The molecule has 0 aliphatic carbocycles. The summed E-state index contributed by atoms with van der Waals surface area (Å²) in [5.74, 6) is 0. The summed E-state index contributed by atoms with van der Waals surface area (Å²) in [5.41, 5.74) is 0.794. The van der Waals surface area contributed by atoms with Crippen molar-refractivity contribution in [1.82, 2.24) is 5.32 Å². The van der Waals surface area contributed by atoms with Crippen LogP contribution in [0, 0.1) is 0 Å². The molecule has 1 unspecified atom stereocenters. The highest BCUT2D eigenvalue weighted by Gasteiger charge is 2.37. The summed E-state index contributed by atoms with van der Waals surface area (Å²) >= 11 is 0. The molecule has 0 spiro atoms. The van der Waals surface area contributed by atoms with Crippen LogP contribution in [0.3, 0.4) is 0 Å². The van der Waals surface area contributed by atoms with E-state index in [1.165, 1.54) is 12.1 Å². The molecule has 0 amide bonds. The quantitative estimate of drug-likeness (QED) is 0.767. The molecule has 2 nitrogen and oxygen atoms in total. The van der Waals surface area contributed by atoms with Crippen LogP contribution in [0.5, 0.6) is 0 Å². The van der Waals surface area contributed by atoms with Gasteiger partial charge < -0.3 is 10.2 Å². The van der Waals surface area contributed by atoms with Crippen LogP contribution in [0.2, 0.25) is 0 Å². The highest BCUT2D eigenvalue weighted by Crippen LogP contribution is 2.40. The van der Waals surface area contributed by atoms with E-state index in [0.717, 1.165) is 31.7 Å². The number of piperazine rings is 1. The zero-order chi connectivity index (χ0) is 12.8. The number of hydrogen-bond donors (Lipinski definition) is 1. The van der Waals surface area contributed by atoms with Crippen molar-refractivity contribution < 1.29 is 13.2 Å². The molecule has 0 saturated carbocycles. The predicted molar refractivity (Wildman–Crippen MR) is 63.8 cm³/mol. The fourth-order valence-electron chi connectivity index (χ4n) is 3.02. The molecule has 2 aliphatic rings. The first kappa shape index (κ1) is 11.8. The molecule has 5 heteroatoms. The van der Waals surface area contributed by atoms with Gasteiger partial charge in [0.25, 0.3) is 0 Å². The third-order valence-corrected chi connectivity index (χ3v) is 3.84. The molecule has 0 bridgehead atoms. The molecule has 1 atom stereocenters. The average molecular weight is 256 g/mol. The SMILES string of the molecule is FC(F)(F)c1cccc2c1CCC1CNCCN21. The zero-order valence-electron chi connectivity index (χ0n) is 9.93. The van der Waals surface area contributed by atoms with Crippen LogP contribution < -0.4 is 10.2 Å². The molecule has 1 aromatic rings. The molecule has 2 heterocycles. The van der Waals surface area contributed by atoms with E-state index < -0.39 is 11.7 Å². The van der Waals surface area contributed by atoms with Crippen LogP contribution in [0.15, 0.2) is 18.2 Å². The van der Waals surface area contributed by atoms with Crippen molar-refractivity contribution in [3.05, 3.63) is 29.3 Å². The highest BCUT2D eigenvalue weighted by molar-refractivity contribution is 5.60. The summed E-state index contributed by atoms with van der Waals surface area (Å²) in [6.45, 7) is 2.50. The zero-order valence-corrected chi connectivity index (χ0v) is 9.93. The molecule has 3 rings (SSSR count). The Hall–Kier alpha value is -1.23. The van der Waals surface area contributed by atoms with Gasteiger partial charge in [0.2, 0.25) is 0 Å².